The van der Waals surface area contributed by atoms with Crippen molar-refractivity contribution in [2.45, 2.75) is 32.2 Å². The molecule has 1 aliphatic rings. The Kier molecular flexibility index (Phi) is 2.88. The van der Waals surface area contributed by atoms with Crippen LogP contribution in [0, 0.1) is 0 Å². The molecule has 3 heteroatoms. The molecule has 1 aliphatic heterocycles. The van der Waals surface area contributed by atoms with E-state index in [1.165, 1.54) is 0 Å². The van der Waals surface area contributed by atoms with Gasteiger partial charge in [-0.05, 0) is 19.4 Å². The van der Waals surface area contributed by atoms with Gasteiger partial charge in [-0.1, -0.05) is 6.58 Å². The van der Waals surface area contributed by atoms with Crippen LogP contribution in [0.3, 0.4) is 0 Å². The van der Waals surface area contributed by atoms with Crippen LogP contribution in [-0.4, -0.2) is 30.2 Å². The maximum Gasteiger partial charge on any atom is 0.162 e. The minimum Gasteiger partial charge on any atom is -0.393 e. The lowest BCUT2D eigenvalue weighted by Gasteiger charge is -2.22. The third-order valence-electron chi connectivity index (χ3n) is 2.21. The van der Waals surface area contributed by atoms with Gasteiger partial charge in [0.2, 0.25) is 0 Å². The van der Waals surface area contributed by atoms with Crippen LogP contribution in [0.4, 0.5) is 0 Å². The molecular weight excluding hydrogens is 156 g/mol. The highest BCUT2D eigenvalue weighted by molar-refractivity contribution is 5.16. The lowest BCUT2D eigenvalue weighted by molar-refractivity contribution is -0.167. The van der Waals surface area contributed by atoms with Crippen LogP contribution in [0.25, 0.3) is 0 Å². The van der Waals surface area contributed by atoms with Gasteiger partial charge in [-0.25, -0.2) is 0 Å². The number of aliphatic hydroxyl groups is 1. The topological polar surface area (TPSA) is 38.7 Å². The van der Waals surface area contributed by atoms with Gasteiger partial charge in [-0.3, -0.25) is 0 Å². The summed E-state index contributed by atoms with van der Waals surface area (Å²) in [6.45, 7) is 8.18. The Morgan fingerprint density at radius 3 is 2.92 bits per heavy atom. The molecule has 12 heavy (non-hydrogen) atoms. The van der Waals surface area contributed by atoms with E-state index in [9.17, 15) is 0 Å². The van der Waals surface area contributed by atoms with Gasteiger partial charge in [0, 0.05) is 13.0 Å². The van der Waals surface area contributed by atoms with Crippen molar-refractivity contribution in [1.82, 2.24) is 0 Å². The Hall–Kier alpha value is -0.380. The molecule has 1 saturated heterocycles. The highest BCUT2D eigenvalue weighted by atomic mass is 16.7. The first kappa shape index (κ1) is 9.71. The second kappa shape index (κ2) is 3.56. The summed E-state index contributed by atoms with van der Waals surface area (Å²) in [5.74, 6) is 0. The molecule has 0 aliphatic carbocycles. The molecule has 0 unspecified atom stereocenters. The number of rotatable bonds is 3. The molecule has 3 nitrogen and oxygen atoms in total. The van der Waals surface area contributed by atoms with Crippen molar-refractivity contribution >= 4 is 0 Å². The molecule has 1 N–H and O–H groups in total. The summed E-state index contributed by atoms with van der Waals surface area (Å²) in [5.41, 5.74) is 0.309. The zero-order valence-electron chi connectivity index (χ0n) is 7.67. The van der Waals surface area contributed by atoms with Crippen molar-refractivity contribution in [3.63, 3.8) is 0 Å². The predicted octanol–water partition coefficient (Wildman–Crippen LogP) is 1.08. The van der Waals surface area contributed by atoms with Crippen LogP contribution in [-0.2, 0) is 9.47 Å². The van der Waals surface area contributed by atoms with Crippen LogP contribution in [0.15, 0.2) is 12.2 Å². The molecule has 0 saturated carbocycles. The quantitative estimate of drug-likeness (QED) is 0.647. The van der Waals surface area contributed by atoms with E-state index in [4.69, 9.17) is 14.6 Å². The number of hydrogen-bond acceptors (Lipinski definition) is 3. The van der Waals surface area contributed by atoms with Gasteiger partial charge in [0.25, 0.3) is 0 Å². The normalized spacial score (nSPS) is 35.9. The zero-order chi connectivity index (χ0) is 9.19. The monoisotopic (exact) mass is 172 g/mol. The van der Waals surface area contributed by atoms with Gasteiger partial charge in [0.15, 0.2) is 6.29 Å². The Morgan fingerprint density at radius 1 is 1.83 bits per heavy atom. The minimum atomic E-state index is -0.597. The third kappa shape index (κ3) is 1.68. The van der Waals surface area contributed by atoms with Crippen LogP contribution in [0.5, 0.6) is 0 Å². The van der Waals surface area contributed by atoms with Crippen LogP contribution in [0.2, 0.25) is 0 Å². The van der Waals surface area contributed by atoms with E-state index >= 15 is 0 Å². The van der Waals surface area contributed by atoms with Crippen molar-refractivity contribution in [2.24, 2.45) is 0 Å². The van der Waals surface area contributed by atoms with E-state index in [0.29, 0.717) is 13.0 Å². The minimum absolute atomic E-state index is 0.0323. The Balaban J connectivity index is 2.56. The van der Waals surface area contributed by atoms with Gasteiger partial charge in [-0.2, -0.15) is 0 Å². The molecule has 1 rings (SSSR count). The highest BCUT2D eigenvalue weighted by Crippen LogP contribution is 2.34. The lowest BCUT2D eigenvalue weighted by Crippen LogP contribution is -2.31. The van der Waals surface area contributed by atoms with Gasteiger partial charge >= 0.3 is 0 Å². The van der Waals surface area contributed by atoms with Crippen molar-refractivity contribution in [1.29, 1.82) is 0 Å². The Morgan fingerprint density at radius 2 is 2.50 bits per heavy atom. The number of hydrogen-bond donors (Lipinski definition) is 1. The lowest BCUT2D eigenvalue weighted by atomic mass is 9.99. The van der Waals surface area contributed by atoms with Crippen molar-refractivity contribution in [3.05, 3.63) is 12.2 Å². The fourth-order valence-electron chi connectivity index (χ4n) is 1.26. The number of aliphatic hydroxyl groups excluding tert-OH is 1. The third-order valence-corrected chi connectivity index (χ3v) is 2.21. The molecular formula is C9H16O3. The van der Waals surface area contributed by atoms with E-state index < -0.39 is 5.60 Å². The second-order valence-corrected chi connectivity index (χ2v) is 3.20. The standard InChI is InChI=1S/C9H16O3/c1-4-11-8-5-7(2)9(3,6-10)12-8/h8,10H,2,4-6H2,1,3H3/t8-,9-/m1/s1. The molecule has 0 radical (unpaired) electrons. The van der Waals surface area contributed by atoms with E-state index in [1.54, 1.807) is 0 Å². The molecule has 0 aromatic heterocycles. The van der Waals surface area contributed by atoms with Gasteiger partial charge < -0.3 is 14.6 Å². The highest BCUT2D eigenvalue weighted by Gasteiger charge is 2.39. The summed E-state index contributed by atoms with van der Waals surface area (Å²) in [7, 11) is 0. The largest absolute Gasteiger partial charge is 0.393 e. The fourth-order valence-corrected chi connectivity index (χ4v) is 1.26. The Bertz CT molecular complexity index is 179. The summed E-state index contributed by atoms with van der Waals surface area (Å²) in [6.07, 6.45) is 0.463. The summed E-state index contributed by atoms with van der Waals surface area (Å²) < 4.78 is 10.8. The molecule has 0 bridgehead atoms. The first-order chi connectivity index (χ1) is 5.62. The number of ether oxygens (including phenoxy) is 2. The molecule has 1 heterocycles. The van der Waals surface area contributed by atoms with Crippen molar-refractivity contribution in [3.8, 4) is 0 Å². The maximum atomic E-state index is 9.04. The van der Waals surface area contributed by atoms with Crippen molar-refractivity contribution in [2.75, 3.05) is 13.2 Å². The summed E-state index contributed by atoms with van der Waals surface area (Å²) in [6, 6.07) is 0. The average molecular weight is 172 g/mol. The summed E-state index contributed by atoms with van der Waals surface area (Å²) >= 11 is 0. The summed E-state index contributed by atoms with van der Waals surface area (Å²) in [5, 5.41) is 9.04. The molecule has 2 atom stereocenters. The van der Waals surface area contributed by atoms with Crippen LogP contribution >= 0.6 is 0 Å². The molecule has 0 aromatic rings. The van der Waals surface area contributed by atoms with Gasteiger partial charge in [0.05, 0.1) is 6.61 Å². The molecule has 0 amide bonds. The molecule has 0 spiro atoms. The smallest absolute Gasteiger partial charge is 0.162 e. The predicted molar refractivity (Wildman–Crippen MR) is 45.7 cm³/mol. The fraction of sp³-hybridized carbons (Fsp3) is 0.778. The van der Waals surface area contributed by atoms with Crippen molar-refractivity contribution < 1.29 is 14.6 Å². The van der Waals surface area contributed by atoms with E-state index in [-0.39, 0.29) is 12.9 Å². The van der Waals surface area contributed by atoms with E-state index in [0.717, 1.165) is 5.57 Å². The van der Waals surface area contributed by atoms with Crippen LogP contribution < -0.4 is 0 Å². The Labute approximate surface area is 73.0 Å². The van der Waals surface area contributed by atoms with Gasteiger partial charge in [0.1, 0.15) is 5.60 Å². The maximum absolute atomic E-state index is 9.04. The summed E-state index contributed by atoms with van der Waals surface area (Å²) in [4.78, 5) is 0. The van der Waals surface area contributed by atoms with E-state index in [2.05, 4.69) is 6.58 Å². The zero-order valence-corrected chi connectivity index (χ0v) is 7.67. The van der Waals surface area contributed by atoms with Crippen LogP contribution in [0.1, 0.15) is 20.3 Å². The van der Waals surface area contributed by atoms with E-state index in [1.807, 2.05) is 13.8 Å². The molecule has 1 fully saturated rings. The average Bonchev–Trinajstić information content (AvgIpc) is 2.30. The SMILES string of the molecule is C=C1C[C@H](OCC)O[C@]1(C)CO. The first-order valence-electron chi connectivity index (χ1n) is 4.21. The second-order valence-electron chi connectivity index (χ2n) is 3.20. The van der Waals surface area contributed by atoms with Gasteiger partial charge in [-0.15, -0.1) is 0 Å². The molecule has 0 aromatic carbocycles. The molecule has 70 valence electrons. The first-order valence-corrected chi connectivity index (χ1v) is 4.21.